The van der Waals surface area contributed by atoms with Crippen LogP contribution in [0, 0.1) is 6.92 Å². The standard InChI is InChI=1S/C20H27N3O3/c1-3-25-12-19(24)23-14-7-9-15(10-8-14)26-18-6-4-5-17-20(18)16(21)11-13(2)22-17/h4-6,11,14-15H,3,7-10,12H2,1-2H3,(H2,21,22)(H,23,24)/t14-,15-. The molecule has 1 heterocycles. The molecule has 140 valence electrons. The number of carbonyl (C=O) groups excluding carboxylic acids is 1. The Morgan fingerprint density at radius 2 is 2.08 bits per heavy atom. The quantitative estimate of drug-likeness (QED) is 0.830. The van der Waals surface area contributed by atoms with E-state index >= 15 is 0 Å². The summed E-state index contributed by atoms with van der Waals surface area (Å²) in [6.45, 7) is 4.50. The van der Waals surface area contributed by atoms with Crippen molar-refractivity contribution in [3.63, 3.8) is 0 Å². The number of hydrogen-bond acceptors (Lipinski definition) is 5. The molecule has 3 rings (SSSR count). The Kier molecular flexibility index (Phi) is 5.93. The normalized spacial score (nSPS) is 20.1. The maximum absolute atomic E-state index is 11.8. The Bertz CT molecular complexity index is 770. The minimum Gasteiger partial charge on any atom is -0.490 e. The van der Waals surface area contributed by atoms with Crippen molar-refractivity contribution in [1.82, 2.24) is 10.3 Å². The van der Waals surface area contributed by atoms with Gasteiger partial charge in [-0.2, -0.15) is 0 Å². The second-order valence-electron chi connectivity index (χ2n) is 6.80. The fourth-order valence-electron chi connectivity index (χ4n) is 3.49. The smallest absolute Gasteiger partial charge is 0.246 e. The molecule has 1 aromatic carbocycles. The highest BCUT2D eigenvalue weighted by Crippen LogP contribution is 2.33. The molecule has 3 N–H and O–H groups in total. The Morgan fingerprint density at radius 3 is 2.81 bits per heavy atom. The van der Waals surface area contributed by atoms with Crippen LogP contribution in [0.3, 0.4) is 0 Å². The van der Waals surface area contributed by atoms with E-state index in [9.17, 15) is 4.79 Å². The molecule has 1 aromatic heterocycles. The van der Waals surface area contributed by atoms with Crippen LogP contribution in [0.5, 0.6) is 5.75 Å². The van der Waals surface area contributed by atoms with Crippen LogP contribution in [-0.4, -0.2) is 36.3 Å². The summed E-state index contributed by atoms with van der Waals surface area (Å²) in [4.78, 5) is 16.3. The van der Waals surface area contributed by atoms with Gasteiger partial charge in [0.15, 0.2) is 0 Å². The van der Waals surface area contributed by atoms with Gasteiger partial charge in [-0.3, -0.25) is 9.78 Å². The fourth-order valence-corrected chi connectivity index (χ4v) is 3.49. The minimum atomic E-state index is -0.0421. The number of nitrogens with two attached hydrogens (primary N) is 1. The number of nitrogens with one attached hydrogen (secondary N) is 1. The molecule has 1 saturated carbocycles. The number of carbonyl (C=O) groups is 1. The Hall–Kier alpha value is -2.34. The number of amides is 1. The molecule has 2 aromatic rings. The summed E-state index contributed by atoms with van der Waals surface area (Å²) in [5.41, 5.74) is 8.65. The van der Waals surface area contributed by atoms with Gasteiger partial charge in [0.1, 0.15) is 12.4 Å². The van der Waals surface area contributed by atoms with E-state index in [1.165, 1.54) is 0 Å². The van der Waals surface area contributed by atoms with Gasteiger partial charge in [0.25, 0.3) is 0 Å². The number of aromatic nitrogens is 1. The van der Waals surface area contributed by atoms with Crippen molar-refractivity contribution in [2.75, 3.05) is 18.9 Å². The van der Waals surface area contributed by atoms with Gasteiger partial charge in [0.2, 0.25) is 5.91 Å². The number of anilines is 1. The molecular formula is C20H27N3O3. The average molecular weight is 357 g/mol. The summed E-state index contributed by atoms with van der Waals surface area (Å²) in [5, 5.41) is 3.91. The minimum absolute atomic E-state index is 0.0421. The maximum atomic E-state index is 11.8. The third-order valence-corrected chi connectivity index (χ3v) is 4.72. The lowest BCUT2D eigenvalue weighted by atomic mass is 9.93. The van der Waals surface area contributed by atoms with E-state index in [1.807, 2.05) is 38.1 Å². The number of pyridine rings is 1. The molecule has 0 radical (unpaired) electrons. The van der Waals surface area contributed by atoms with Gasteiger partial charge < -0.3 is 20.5 Å². The molecule has 1 aliphatic rings. The number of aryl methyl sites for hydroxylation is 1. The van der Waals surface area contributed by atoms with Crippen LogP contribution < -0.4 is 15.8 Å². The molecule has 1 fully saturated rings. The van der Waals surface area contributed by atoms with E-state index in [4.69, 9.17) is 15.2 Å². The van der Waals surface area contributed by atoms with Crippen molar-refractivity contribution in [3.05, 3.63) is 30.0 Å². The second-order valence-corrected chi connectivity index (χ2v) is 6.80. The first kappa shape index (κ1) is 18.5. The lowest BCUT2D eigenvalue weighted by molar-refractivity contribution is -0.126. The predicted molar refractivity (Wildman–Crippen MR) is 102 cm³/mol. The van der Waals surface area contributed by atoms with Gasteiger partial charge in [-0.25, -0.2) is 0 Å². The molecule has 6 heteroatoms. The Labute approximate surface area is 154 Å². The number of nitrogens with zero attached hydrogens (tertiary/aromatic N) is 1. The summed E-state index contributed by atoms with van der Waals surface area (Å²) in [5.74, 6) is 0.746. The first-order valence-corrected chi connectivity index (χ1v) is 9.26. The van der Waals surface area contributed by atoms with Crippen molar-refractivity contribution < 1.29 is 14.3 Å². The molecular weight excluding hydrogens is 330 g/mol. The van der Waals surface area contributed by atoms with Crippen molar-refractivity contribution in [1.29, 1.82) is 0 Å². The van der Waals surface area contributed by atoms with Gasteiger partial charge in [0.05, 0.1) is 17.0 Å². The zero-order chi connectivity index (χ0) is 18.5. The van der Waals surface area contributed by atoms with E-state index in [1.54, 1.807) is 0 Å². The van der Waals surface area contributed by atoms with Crippen LogP contribution in [0.4, 0.5) is 5.69 Å². The van der Waals surface area contributed by atoms with Crippen molar-refractivity contribution in [3.8, 4) is 5.75 Å². The van der Waals surface area contributed by atoms with Gasteiger partial charge in [0, 0.05) is 24.0 Å². The first-order valence-electron chi connectivity index (χ1n) is 9.26. The largest absolute Gasteiger partial charge is 0.490 e. The molecule has 1 aliphatic carbocycles. The molecule has 1 amide bonds. The number of nitrogen functional groups attached to an aromatic ring is 1. The molecule has 0 unspecified atom stereocenters. The SMILES string of the molecule is CCOCC(=O)N[C@H]1CC[C@H](Oc2cccc3nc(C)cc(N)c23)CC1. The number of benzene rings is 1. The molecule has 0 spiro atoms. The third kappa shape index (κ3) is 4.43. The van der Waals surface area contributed by atoms with Gasteiger partial charge in [-0.05, 0) is 57.7 Å². The number of ether oxygens (including phenoxy) is 2. The molecule has 0 aliphatic heterocycles. The number of rotatable bonds is 6. The van der Waals surface area contributed by atoms with Gasteiger partial charge in [-0.15, -0.1) is 0 Å². The zero-order valence-electron chi connectivity index (χ0n) is 15.5. The van der Waals surface area contributed by atoms with E-state index in [2.05, 4.69) is 10.3 Å². The van der Waals surface area contributed by atoms with Crippen LogP contribution in [0.25, 0.3) is 10.9 Å². The average Bonchev–Trinajstić information content (AvgIpc) is 2.61. The Balaban J connectivity index is 1.60. The molecule has 6 nitrogen and oxygen atoms in total. The maximum Gasteiger partial charge on any atom is 0.246 e. The van der Waals surface area contributed by atoms with Crippen LogP contribution >= 0.6 is 0 Å². The van der Waals surface area contributed by atoms with Gasteiger partial charge in [-0.1, -0.05) is 6.07 Å². The summed E-state index contributed by atoms with van der Waals surface area (Å²) < 4.78 is 11.4. The van der Waals surface area contributed by atoms with Crippen LogP contribution in [-0.2, 0) is 9.53 Å². The number of fused-ring (bicyclic) bond motifs is 1. The lowest BCUT2D eigenvalue weighted by Crippen LogP contribution is -2.41. The molecule has 0 saturated heterocycles. The molecule has 0 atom stereocenters. The highest BCUT2D eigenvalue weighted by atomic mass is 16.5. The van der Waals surface area contributed by atoms with Crippen molar-refractivity contribution >= 4 is 22.5 Å². The second kappa shape index (κ2) is 8.36. The zero-order valence-corrected chi connectivity index (χ0v) is 15.5. The first-order chi connectivity index (χ1) is 12.6. The van der Waals surface area contributed by atoms with Crippen molar-refractivity contribution in [2.45, 2.75) is 51.7 Å². The third-order valence-electron chi connectivity index (χ3n) is 4.72. The highest BCUT2D eigenvalue weighted by Gasteiger charge is 2.24. The predicted octanol–water partition coefficient (Wildman–Crippen LogP) is 2.97. The lowest BCUT2D eigenvalue weighted by Gasteiger charge is -2.30. The van der Waals surface area contributed by atoms with Crippen molar-refractivity contribution in [2.24, 2.45) is 0 Å². The van der Waals surface area contributed by atoms with E-state index in [-0.39, 0.29) is 24.7 Å². The molecule has 26 heavy (non-hydrogen) atoms. The highest BCUT2D eigenvalue weighted by molar-refractivity contribution is 5.95. The Morgan fingerprint density at radius 1 is 1.31 bits per heavy atom. The van der Waals surface area contributed by atoms with Crippen LogP contribution in [0.2, 0.25) is 0 Å². The van der Waals surface area contributed by atoms with E-state index in [0.717, 1.165) is 48.0 Å². The summed E-state index contributed by atoms with van der Waals surface area (Å²) >= 11 is 0. The topological polar surface area (TPSA) is 86.5 Å². The summed E-state index contributed by atoms with van der Waals surface area (Å²) in [6.07, 6.45) is 3.73. The summed E-state index contributed by atoms with van der Waals surface area (Å²) in [7, 11) is 0. The summed E-state index contributed by atoms with van der Waals surface area (Å²) in [6, 6.07) is 7.93. The number of hydrogen-bond donors (Lipinski definition) is 2. The van der Waals surface area contributed by atoms with E-state index in [0.29, 0.717) is 12.3 Å². The molecule has 0 bridgehead atoms. The fraction of sp³-hybridized carbons (Fsp3) is 0.500. The van der Waals surface area contributed by atoms with E-state index < -0.39 is 0 Å². The van der Waals surface area contributed by atoms with Crippen LogP contribution in [0.15, 0.2) is 24.3 Å². The monoisotopic (exact) mass is 357 g/mol. The van der Waals surface area contributed by atoms with Crippen LogP contribution in [0.1, 0.15) is 38.3 Å². The van der Waals surface area contributed by atoms with Gasteiger partial charge >= 0.3 is 0 Å².